The van der Waals surface area contributed by atoms with Crippen molar-refractivity contribution in [2.45, 2.75) is 46.0 Å². The van der Waals surface area contributed by atoms with Gasteiger partial charge in [0.25, 0.3) is 5.91 Å². The molecule has 0 saturated carbocycles. The fourth-order valence-electron chi connectivity index (χ4n) is 3.18. The molecule has 1 aliphatic heterocycles. The van der Waals surface area contributed by atoms with E-state index < -0.39 is 0 Å². The third kappa shape index (κ3) is 3.93. The molecule has 1 aromatic carbocycles. The lowest BCUT2D eigenvalue weighted by Gasteiger charge is -2.16. The van der Waals surface area contributed by atoms with Crippen LogP contribution in [0.2, 0.25) is 0 Å². The molecule has 1 N–H and O–H groups in total. The molecule has 0 unspecified atom stereocenters. The Labute approximate surface area is 152 Å². The SMILES string of the molecule is CCCc1sc(C(=O)Nc2cccc(N3CCCC3=O)c2)cc1CC. The maximum atomic E-state index is 12.6. The van der Waals surface area contributed by atoms with Crippen LogP contribution in [0.4, 0.5) is 11.4 Å². The summed E-state index contributed by atoms with van der Waals surface area (Å²) >= 11 is 1.59. The van der Waals surface area contributed by atoms with Gasteiger partial charge in [0, 0.05) is 29.2 Å². The van der Waals surface area contributed by atoms with Gasteiger partial charge in [0.15, 0.2) is 0 Å². The lowest BCUT2D eigenvalue weighted by Crippen LogP contribution is -2.23. The third-order valence-corrected chi connectivity index (χ3v) is 5.70. The van der Waals surface area contributed by atoms with E-state index in [-0.39, 0.29) is 11.8 Å². The normalized spacial score (nSPS) is 14.2. The summed E-state index contributed by atoms with van der Waals surface area (Å²) in [5, 5.41) is 2.98. The van der Waals surface area contributed by atoms with E-state index in [2.05, 4.69) is 19.2 Å². The largest absolute Gasteiger partial charge is 0.321 e. The predicted octanol–water partition coefficient (Wildman–Crippen LogP) is 4.64. The van der Waals surface area contributed by atoms with Gasteiger partial charge in [0.2, 0.25) is 5.91 Å². The number of hydrogen-bond acceptors (Lipinski definition) is 3. The number of benzene rings is 1. The Morgan fingerprint density at radius 2 is 2.12 bits per heavy atom. The first-order chi connectivity index (χ1) is 12.1. The van der Waals surface area contributed by atoms with E-state index >= 15 is 0 Å². The summed E-state index contributed by atoms with van der Waals surface area (Å²) in [5.41, 5.74) is 2.85. The van der Waals surface area contributed by atoms with Crippen molar-refractivity contribution in [1.82, 2.24) is 0 Å². The smallest absolute Gasteiger partial charge is 0.265 e. The molecular weight excluding hydrogens is 332 g/mol. The van der Waals surface area contributed by atoms with E-state index in [1.54, 1.807) is 16.2 Å². The third-order valence-electron chi connectivity index (χ3n) is 4.47. The number of thiophene rings is 1. The molecule has 1 fully saturated rings. The molecule has 0 atom stereocenters. The van der Waals surface area contributed by atoms with Crippen LogP contribution in [-0.2, 0) is 17.6 Å². The minimum atomic E-state index is -0.0769. The quantitative estimate of drug-likeness (QED) is 0.819. The summed E-state index contributed by atoms with van der Waals surface area (Å²) in [7, 11) is 0. The summed E-state index contributed by atoms with van der Waals surface area (Å²) in [6.45, 7) is 5.03. The summed E-state index contributed by atoms with van der Waals surface area (Å²) in [6, 6.07) is 9.55. The molecule has 1 aliphatic rings. The van der Waals surface area contributed by atoms with Gasteiger partial charge >= 0.3 is 0 Å². The van der Waals surface area contributed by atoms with Crippen molar-refractivity contribution in [3.05, 3.63) is 45.6 Å². The molecule has 3 rings (SSSR count). The van der Waals surface area contributed by atoms with Gasteiger partial charge in [0.1, 0.15) is 0 Å². The maximum absolute atomic E-state index is 12.6. The van der Waals surface area contributed by atoms with Crippen molar-refractivity contribution < 1.29 is 9.59 Å². The Hall–Kier alpha value is -2.14. The molecule has 4 nitrogen and oxygen atoms in total. The van der Waals surface area contributed by atoms with Crippen LogP contribution in [0.3, 0.4) is 0 Å². The van der Waals surface area contributed by atoms with Gasteiger partial charge in [-0.15, -0.1) is 11.3 Å². The van der Waals surface area contributed by atoms with Crippen LogP contribution in [0, 0.1) is 0 Å². The molecule has 1 aromatic heterocycles. The van der Waals surface area contributed by atoms with Gasteiger partial charge < -0.3 is 10.2 Å². The Morgan fingerprint density at radius 3 is 2.80 bits per heavy atom. The molecule has 5 heteroatoms. The molecular formula is C20H24N2O2S. The van der Waals surface area contributed by atoms with Gasteiger partial charge in [-0.2, -0.15) is 0 Å². The van der Waals surface area contributed by atoms with E-state index in [0.717, 1.165) is 48.5 Å². The first-order valence-corrected chi connectivity index (χ1v) is 9.77. The molecule has 0 aliphatic carbocycles. The number of amides is 2. The lowest BCUT2D eigenvalue weighted by molar-refractivity contribution is -0.117. The van der Waals surface area contributed by atoms with Crippen molar-refractivity contribution in [3.63, 3.8) is 0 Å². The average Bonchev–Trinajstić information content (AvgIpc) is 3.21. The Bertz CT molecular complexity index is 782. The second-order valence-electron chi connectivity index (χ2n) is 6.32. The van der Waals surface area contributed by atoms with Gasteiger partial charge in [-0.1, -0.05) is 26.3 Å². The van der Waals surface area contributed by atoms with E-state index in [4.69, 9.17) is 0 Å². The lowest BCUT2D eigenvalue weighted by atomic mass is 10.1. The standard InChI is InChI=1S/C20H24N2O2S/c1-3-7-17-14(4-2)12-18(25-17)20(24)21-15-8-5-9-16(13-15)22-11-6-10-19(22)23/h5,8-9,12-13H,3-4,6-7,10-11H2,1-2H3,(H,21,24). The number of hydrogen-bond donors (Lipinski definition) is 1. The molecule has 0 radical (unpaired) electrons. The monoisotopic (exact) mass is 356 g/mol. The topological polar surface area (TPSA) is 49.4 Å². The second-order valence-corrected chi connectivity index (χ2v) is 7.45. The van der Waals surface area contributed by atoms with E-state index in [1.165, 1.54) is 10.4 Å². The van der Waals surface area contributed by atoms with Crippen molar-refractivity contribution in [2.24, 2.45) is 0 Å². The van der Waals surface area contributed by atoms with E-state index in [9.17, 15) is 9.59 Å². The molecule has 25 heavy (non-hydrogen) atoms. The molecule has 2 heterocycles. The van der Waals surface area contributed by atoms with Gasteiger partial charge in [-0.3, -0.25) is 9.59 Å². The van der Waals surface area contributed by atoms with Crippen LogP contribution in [0.1, 0.15) is 53.2 Å². The number of carbonyl (C=O) groups is 2. The van der Waals surface area contributed by atoms with Crippen LogP contribution in [0.15, 0.2) is 30.3 Å². The molecule has 0 spiro atoms. The Morgan fingerprint density at radius 1 is 1.28 bits per heavy atom. The minimum absolute atomic E-state index is 0.0769. The van der Waals surface area contributed by atoms with E-state index in [0.29, 0.717) is 6.42 Å². The summed E-state index contributed by atoms with van der Waals surface area (Å²) in [5.74, 6) is 0.0745. The molecule has 0 bridgehead atoms. The Balaban J connectivity index is 1.76. The summed E-state index contributed by atoms with van der Waals surface area (Å²) in [4.78, 5) is 28.4. The highest BCUT2D eigenvalue weighted by Crippen LogP contribution is 2.27. The zero-order valence-electron chi connectivity index (χ0n) is 14.8. The van der Waals surface area contributed by atoms with Gasteiger partial charge in [-0.05, 0) is 49.1 Å². The summed E-state index contributed by atoms with van der Waals surface area (Å²) < 4.78 is 0. The number of carbonyl (C=O) groups excluding carboxylic acids is 2. The van der Waals surface area contributed by atoms with Gasteiger partial charge in [0.05, 0.1) is 4.88 Å². The van der Waals surface area contributed by atoms with Crippen molar-refractivity contribution in [1.29, 1.82) is 0 Å². The molecule has 2 aromatic rings. The minimum Gasteiger partial charge on any atom is -0.321 e. The van der Waals surface area contributed by atoms with Crippen molar-refractivity contribution in [2.75, 3.05) is 16.8 Å². The first-order valence-electron chi connectivity index (χ1n) is 8.95. The van der Waals surface area contributed by atoms with Crippen molar-refractivity contribution in [3.8, 4) is 0 Å². The number of rotatable bonds is 6. The fourth-order valence-corrected chi connectivity index (χ4v) is 4.43. The number of nitrogens with one attached hydrogen (secondary N) is 1. The zero-order chi connectivity index (χ0) is 17.8. The molecule has 1 saturated heterocycles. The fraction of sp³-hybridized carbons (Fsp3) is 0.400. The number of aryl methyl sites for hydroxylation is 2. The van der Waals surface area contributed by atoms with Crippen LogP contribution < -0.4 is 10.2 Å². The van der Waals surface area contributed by atoms with Crippen LogP contribution in [0.5, 0.6) is 0 Å². The number of anilines is 2. The highest BCUT2D eigenvalue weighted by Gasteiger charge is 2.22. The van der Waals surface area contributed by atoms with Crippen LogP contribution >= 0.6 is 11.3 Å². The van der Waals surface area contributed by atoms with Gasteiger partial charge in [-0.25, -0.2) is 0 Å². The summed E-state index contributed by atoms with van der Waals surface area (Å²) in [6.07, 6.45) is 4.55. The van der Waals surface area contributed by atoms with Crippen molar-refractivity contribution >= 4 is 34.5 Å². The first kappa shape index (κ1) is 17.7. The van der Waals surface area contributed by atoms with E-state index in [1.807, 2.05) is 30.3 Å². The predicted molar refractivity (Wildman–Crippen MR) is 104 cm³/mol. The Kier molecular flexibility index (Phi) is 5.53. The number of nitrogens with zero attached hydrogens (tertiary/aromatic N) is 1. The van der Waals surface area contributed by atoms with Crippen LogP contribution in [0.25, 0.3) is 0 Å². The zero-order valence-corrected chi connectivity index (χ0v) is 15.6. The molecule has 2 amide bonds. The highest BCUT2D eigenvalue weighted by molar-refractivity contribution is 7.14. The highest BCUT2D eigenvalue weighted by atomic mass is 32.1. The maximum Gasteiger partial charge on any atom is 0.265 e. The van der Waals surface area contributed by atoms with Crippen LogP contribution in [-0.4, -0.2) is 18.4 Å². The molecule has 132 valence electrons. The second kappa shape index (κ2) is 7.83. The average molecular weight is 356 g/mol.